The molecule has 1 amide bonds. The van der Waals surface area contributed by atoms with Gasteiger partial charge in [-0.25, -0.2) is 0 Å². The first-order valence-corrected chi connectivity index (χ1v) is 9.68. The second-order valence-corrected chi connectivity index (χ2v) is 7.62. The highest BCUT2D eigenvalue weighted by atomic mass is 16.2. The van der Waals surface area contributed by atoms with Gasteiger partial charge in [-0.3, -0.25) is 4.79 Å². The minimum atomic E-state index is 0.150. The van der Waals surface area contributed by atoms with Crippen LogP contribution in [0, 0.1) is 0 Å². The van der Waals surface area contributed by atoms with E-state index in [2.05, 4.69) is 48.9 Å². The molecule has 0 aromatic heterocycles. The van der Waals surface area contributed by atoms with Crippen molar-refractivity contribution in [3.8, 4) is 0 Å². The van der Waals surface area contributed by atoms with Crippen LogP contribution in [0.4, 0.5) is 0 Å². The molecule has 2 aliphatic heterocycles. The van der Waals surface area contributed by atoms with Crippen LogP contribution in [0.3, 0.4) is 0 Å². The number of aryl methyl sites for hydroxylation is 2. The Hall–Kier alpha value is -1.35. The summed E-state index contributed by atoms with van der Waals surface area (Å²) < 4.78 is 0. The molecule has 2 aliphatic rings. The van der Waals surface area contributed by atoms with E-state index in [9.17, 15) is 4.79 Å². The molecule has 2 heterocycles. The third kappa shape index (κ3) is 3.23. The fourth-order valence-corrected chi connectivity index (χ4v) is 4.71. The maximum Gasteiger partial charge on any atom is 0.227 e. The summed E-state index contributed by atoms with van der Waals surface area (Å²) in [6.07, 6.45) is 7.26. The molecule has 1 aromatic rings. The van der Waals surface area contributed by atoms with Gasteiger partial charge in [0.05, 0.1) is 6.42 Å². The number of piperidine rings is 1. The van der Waals surface area contributed by atoms with Gasteiger partial charge < -0.3 is 9.80 Å². The zero-order chi connectivity index (χ0) is 17.2. The van der Waals surface area contributed by atoms with E-state index in [0.717, 1.165) is 45.3 Å². The molecule has 2 fully saturated rings. The lowest BCUT2D eigenvalue weighted by molar-refractivity contribution is -0.136. The van der Waals surface area contributed by atoms with Crippen molar-refractivity contribution in [1.82, 2.24) is 9.80 Å². The van der Waals surface area contributed by atoms with Gasteiger partial charge in [-0.15, -0.1) is 0 Å². The van der Waals surface area contributed by atoms with Crippen molar-refractivity contribution in [2.45, 2.75) is 64.3 Å². The number of hydrogen-bond donors (Lipinski definition) is 0. The van der Waals surface area contributed by atoms with Crippen LogP contribution in [-0.4, -0.2) is 47.9 Å². The number of likely N-dealkylation sites (tertiary alicyclic amines) is 2. The van der Waals surface area contributed by atoms with Crippen LogP contribution in [-0.2, 0) is 24.1 Å². The number of benzene rings is 1. The van der Waals surface area contributed by atoms with Crippen molar-refractivity contribution in [2.75, 3.05) is 26.7 Å². The zero-order valence-corrected chi connectivity index (χ0v) is 15.6. The molecule has 1 spiro atoms. The van der Waals surface area contributed by atoms with E-state index in [-0.39, 0.29) is 5.54 Å². The average molecular weight is 329 g/mol. The second-order valence-electron chi connectivity index (χ2n) is 7.62. The highest BCUT2D eigenvalue weighted by molar-refractivity contribution is 5.80. The number of nitrogens with zero attached hydrogens (tertiary/aromatic N) is 2. The van der Waals surface area contributed by atoms with Crippen LogP contribution >= 0.6 is 0 Å². The Morgan fingerprint density at radius 3 is 2.25 bits per heavy atom. The molecule has 0 radical (unpaired) electrons. The zero-order valence-electron chi connectivity index (χ0n) is 15.6. The molecule has 0 bridgehead atoms. The Balaban J connectivity index is 1.80. The lowest BCUT2D eigenvalue weighted by atomic mass is 9.84. The Kier molecular flexibility index (Phi) is 5.29. The predicted molar refractivity (Wildman–Crippen MR) is 99.3 cm³/mol. The van der Waals surface area contributed by atoms with Crippen LogP contribution in [0.1, 0.15) is 56.2 Å². The fraction of sp³-hybridized carbons (Fsp3) is 0.667. The molecule has 2 saturated heterocycles. The maximum absolute atomic E-state index is 13.2. The molecule has 0 aliphatic carbocycles. The van der Waals surface area contributed by atoms with E-state index >= 15 is 0 Å². The van der Waals surface area contributed by atoms with Gasteiger partial charge in [0.25, 0.3) is 0 Å². The standard InChI is InChI=1S/C21H32N2O/c1-4-17-8-6-9-18(5-2)19(17)16-20(24)23-13-7-10-21(23)11-14-22(3)15-12-21/h6,8-9H,4-5,7,10-16H2,1-3H3. The number of rotatable bonds is 4. The number of carbonyl (C=O) groups is 1. The van der Waals surface area contributed by atoms with Crippen LogP contribution in [0.25, 0.3) is 0 Å². The van der Waals surface area contributed by atoms with Crippen LogP contribution in [0.2, 0.25) is 0 Å². The van der Waals surface area contributed by atoms with Crippen LogP contribution in [0.15, 0.2) is 18.2 Å². The summed E-state index contributed by atoms with van der Waals surface area (Å²) in [4.78, 5) is 17.9. The molecule has 0 unspecified atom stereocenters. The van der Waals surface area contributed by atoms with Gasteiger partial charge in [0.2, 0.25) is 5.91 Å². The van der Waals surface area contributed by atoms with E-state index in [1.807, 2.05) is 0 Å². The van der Waals surface area contributed by atoms with Crippen molar-refractivity contribution in [2.24, 2.45) is 0 Å². The Bertz CT molecular complexity index is 565. The van der Waals surface area contributed by atoms with Crippen LogP contribution < -0.4 is 0 Å². The SMILES string of the molecule is CCc1cccc(CC)c1CC(=O)N1CCCC12CCN(C)CC2. The average Bonchev–Trinajstić information content (AvgIpc) is 3.01. The van der Waals surface area contributed by atoms with E-state index in [1.54, 1.807) is 0 Å². The van der Waals surface area contributed by atoms with Crippen molar-refractivity contribution < 1.29 is 4.79 Å². The molecule has 132 valence electrons. The summed E-state index contributed by atoms with van der Waals surface area (Å²) in [5.74, 6) is 0.354. The monoisotopic (exact) mass is 328 g/mol. The van der Waals surface area contributed by atoms with Crippen molar-refractivity contribution in [1.29, 1.82) is 0 Å². The Morgan fingerprint density at radius 2 is 1.67 bits per heavy atom. The number of hydrogen-bond acceptors (Lipinski definition) is 2. The van der Waals surface area contributed by atoms with E-state index in [4.69, 9.17) is 0 Å². The molecule has 3 rings (SSSR count). The lowest BCUT2D eigenvalue weighted by Crippen LogP contribution is -2.53. The summed E-state index contributed by atoms with van der Waals surface area (Å²) in [6, 6.07) is 6.52. The molecule has 1 aromatic carbocycles. The van der Waals surface area contributed by atoms with Crippen molar-refractivity contribution >= 4 is 5.91 Å². The first-order valence-electron chi connectivity index (χ1n) is 9.68. The van der Waals surface area contributed by atoms with Gasteiger partial charge in [-0.1, -0.05) is 32.0 Å². The van der Waals surface area contributed by atoms with Gasteiger partial charge >= 0.3 is 0 Å². The van der Waals surface area contributed by atoms with E-state index < -0.39 is 0 Å². The maximum atomic E-state index is 13.2. The summed E-state index contributed by atoms with van der Waals surface area (Å²) in [5.41, 5.74) is 4.14. The van der Waals surface area contributed by atoms with Gasteiger partial charge in [0, 0.05) is 25.2 Å². The minimum absolute atomic E-state index is 0.150. The predicted octanol–water partition coefficient (Wildman–Crippen LogP) is 3.44. The quantitative estimate of drug-likeness (QED) is 0.845. The summed E-state index contributed by atoms with van der Waals surface area (Å²) in [7, 11) is 2.19. The van der Waals surface area contributed by atoms with Gasteiger partial charge in [0.1, 0.15) is 0 Å². The van der Waals surface area contributed by atoms with Gasteiger partial charge in [-0.2, -0.15) is 0 Å². The number of carbonyl (C=O) groups excluding carboxylic acids is 1. The summed E-state index contributed by atoms with van der Waals surface area (Å²) >= 11 is 0. The lowest BCUT2D eigenvalue weighted by Gasteiger charge is -2.44. The second kappa shape index (κ2) is 7.26. The highest BCUT2D eigenvalue weighted by Crippen LogP contribution is 2.38. The van der Waals surface area contributed by atoms with Gasteiger partial charge in [0.15, 0.2) is 0 Å². The first-order chi connectivity index (χ1) is 11.6. The Morgan fingerprint density at radius 1 is 1.04 bits per heavy atom. The fourth-order valence-electron chi connectivity index (χ4n) is 4.71. The molecular weight excluding hydrogens is 296 g/mol. The minimum Gasteiger partial charge on any atom is -0.337 e. The molecule has 0 saturated carbocycles. The topological polar surface area (TPSA) is 23.6 Å². The largest absolute Gasteiger partial charge is 0.337 e. The first kappa shape index (κ1) is 17.5. The van der Waals surface area contributed by atoms with Gasteiger partial charge in [-0.05, 0) is 62.3 Å². The van der Waals surface area contributed by atoms with E-state index in [1.165, 1.54) is 29.5 Å². The Labute approximate surface area is 147 Å². The molecular formula is C21H32N2O. The molecule has 24 heavy (non-hydrogen) atoms. The summed E-state index contributed by atoms with van der Waals surface area (Å²) in [5, 5.41) is 0. The highest BCUT2D eigenvalue weighted by Gasteiger charge is 2.44. The molecule has 0 atom stereocenters. The van der Waals surface area contributed by atoms with Crippen molar-refractivity contribution in [3.05, 3.63) is 34.9 Å². The third-order valence-corrected chi connectivity index (χ3v) is 6.28. The molecule has 3 heteroatoms. The van der Waals surface area contributed by atoms with Crippen molar-refractivity contribution in [3.63, 3.8) is 0 Å². The van der Waals surface area contributed by atoms with E-state index in [0.29, 0.717) is 12.3 Å². The normalized spacial score (nSPS) is 20.7. The molecule has 0 N–H and O–H groups in total. The third-order valence-electron chi connectivity index (χ3n) is 6.28. The molecule has 3 nitrogen and oxygen atoms in total. The number of amides is 1. The summed E-state index contributed by atoms with van der Waals surface area (Å²) in [6.45, 7) is 7.58. The smallest absolute Gasteiger partial charge is 0.227 e. The van der Waals surface area contributed by atoms with Crippen LogP contribution in [0.5, 0.6) is 0 Å².